The summed E-state index contributed by atoms with van der Waals surface area (Å²) in [7, 11) is 0. The van der Waals surface area contributed by atoms with Crippen LogP contribution in [0.2, 0.25) is 0 Å². The van der Waals surface area contributed by atoms with Gasteiger partial charge in [0.15, 0.2) is 0 Å². The monoisotopic (exact) mass is 298 g/mol. The van der Waals surface area contributed by atoms with E-state index in [1.807, 2.05) is 6.07 Å². The van der Waals surface area contributed by atoms with Crippen LogP contribution in [0.1, 0.15) is 24.0 Å². The average Bonchev–Trinajstić information content (AvgIpc) is 2.47. The predicted octanol–water partition coefficient (Wildman–Crippen LogP) is 2.98. The number of benzene rings is 1. The second-order valence-corrected chi connectivity index (χ2v) is 6.17. The van der Waals surface area contributed by atoms with Crippen molar-refractivity contribution in [3.8, 4) is 0 Å². The van der Waals surface area contributed by atoms with Gasteiger partial charge in [-0.05, 0) is 43.5 Å². The summed E-state index contributed by atoms with van der Waals surface area (Å²) in [6.45, 7) is 2.83. The van der Waals surface area contributed by atoms with Crippen LogP contribution in [0, 0.1) is 5.92 Å². The molecule has 0 bridgehead atoms. The fourth-order valence-electron chi connectivity index (χ4n) is 3.40. The molecule has 1 aromatic rings. The predicted molar refractivity (Wildman–Crippen MR) is 76.0 cm³/mol. The summed E-state index contributed by atoms with van der Waals surface area (Å²) in [6, 6.07) is 8.73. The molecule has 0 aliphatic carbocycles. The van der Waals surface area contributed by atoms with E-state index in [0.29, 0.717) is 19.1 Å². The third-order valence-corrected chi connectivity index (χ3v) is 4.69. The summed E-state index contributed by atoms with van der Waals surface area (Å²) in [5.74, 6) is -1.10. The molecule has 2 aliphatic rings. The van der Waals surface area contributed by atoms with Gasteiger partial charge in [0, 0.05) is 19.1 Å². The van der Waals surface area contributed by atoms with Gasteiger partial charge in [-0.2, -0.15) is 13.2 Å². The van der Waals surface area contributed by atoms with Crippen LogP contribution in [0.3, 0.4) is 0 Å². The summed E-state index contributed by atoms with van der Waals surface area (Å²) in [5, 5.41) is 3.50. The van der Waals surface area contributed by atoms with Gasteiger partial charge in [0.1, 0.15) is 0 Å². The maximum atomic E-state index is 12.7. The summed E-state index contributed by atoms with van der Waals surface area (Å²) < 4.78 is 38.0. The number of hydrogen-bond acceptors (Lipinski definition) is 2. The molecule has 0 amide bonds. The highest BCUT2D eigenvalue weighted by Gasteiger charge is 2.41. The van der Waals surface area contributed by atoms with Crippen molar-refractivity contribution in [1.82, 2.24) is 10.2 Å². The van der Waals surface area contributed by atoms with E-state index in [0.717, 1.165) is 19.5 Å². The molecular formula is C16H21F3N2. The second-order valence-electron chi connectivity index (χ2n) is 6.17. The lowest BCUT2D eigenvalue weighted by Gasteiger charge is -2.36. The molecule has 1 fully saturated rings. The molecule has 5 heteroatoms. The van der Waals surface area contributed by atoms with E-state index in [-0.39, 0.29) is 12.8 Å². The molecule has 1 saturated heterocycles. The molecule has 1 atom stereocenters. The summed E-state index contributed by atoms with van der Waals surface area (Å²) >= 11 is 0. The molecule has 3 rings (SSSR count). The zero-order chi connectivity index (χ0) is 14.9. The van der Waals surface area contributed by atoms with Gasteiger partial charge >= 0.3 is 6.18 Å². The minimum atomic E-state index is -4.02. The van der Waals surface area contributed by atoms with Crippen molar-refractivity contribution >= 4 is 0 Å². The fourth-order valence-corrected chi connectivity index (χ4v) is 3.40. The SMILES string of the molecule is FC(F)(F)C1CCN(CC2Cc3ccccc3CN2)CC1. The van der Waals surface area contributed by atoms with E-state index in [9.17, 15) is 13.2 Å². The second kappa shape index (κ2) is 5.97. The van der Waals surface area contributed by atoms with Crippen LogP contribution in [0.25, 0.3) is 0 Å². The number of halogens is 3. The van der Waals surface area contributed by atoms with Crippen molar-refractivity contribution in [2.24, 2.45) is 5.92 Å². The molecule has 1 aromatic carbocycles. The largest absolute Gasteiger partial charge is 0.391 e. The smallest absolute Gasteiger partial charge is 0.308 e. The lowest BCUT2D eigenvalue weighted by molar-refractivity contribution is -0.185. The number of rotatable bonds is 2. The third kappa shape index (κ3) is 3.58. The van der Waals surface area contributed by atoms with E-state index in [2.05, 4.69) is 28.4 Å². The Morgan fingerprint density at radius 1 is 1.10 bits per heavy atom. The normalized spacial score (nSPS) is 24.8. The molecule has 1 N–H and O–H groups in total. The minimum absolute atomic E-state index is 0.243. The number of hydrogen-bond donors (Lipinski definition) is 1. The Morgan fingerprint density at radius 2 is 1.76 bits per heavy atom. The molecule has 0 saturated carbocycles. The highest BCUT2D eigenvalue weighted by atomic mass is 19.4. The zero-order valence-corrected chi connectivity index (χ0v) is 12.0. The molecule has 0 spiro atoms. The Morgan fingerprint density at radius 3 is 2.43 bits per heavy atom. The standard InChI is InChI=1S/C16H21F3N2/c17-16(18,19)14-5-7-21(8-6-14)11-15-9-12-3-1-2-4-13(12)10-20-15/h1-4,14-15,20H,5-11H2. The molecule has 1 unspecified atom stereocenters. The first-order valence-corrected chi connectivity index (χ1v) is 7.61. The number of nitrogens with zero attached hydrogens (tertiary/aromatic N) is 1. The molecular weight excluding hydrogens is 277 g/mol. The first kappa shape index (κ1) is 14.9. The van der Waals surface area contributed by atoms with Crippen molar-refractivity contribution < 1.29 is 13.2 Å². The summed E-state index contributed by atoms with van der Waals surface area (Å²) in [6.07, 6.45) is -2.57. The van der Waals surface area contributed by atoms with E-state index < -0.39 is 12.1 Å². The van der Waals surface area contributed by atoms with Crippen molar-refractivity contribution in [3.63, 3.8) is 0 Å². The van der Waals surface area contributed by atoms with Crippen molar-refractivity contribution in [3.05, 3.63) is 35.4 Å². The van der Waals surface area contributed by atoms with Crippen molar-refractivity contribution in [2.75, 3.05) is 19.6 Å². The molecule has 116 valence electrons. The van der Waals surface area contributed by atoms with Gasteiger partial charge in [-0.3, -0.25) is 0 Å². The van der Waals surface area contributed by atoms with Crippen LogP contribution >= 0.6 is 0 Å². The lowest BCUT2D eigenvalue weighted by Crippen LogP contribution is -2.48. The first-order valence-electron chi connectivity index (χ1n) is 7.61. The van der Waals surface area contributed by atoms with Gasteiger partial charge in [-0.25, -0.2) is 0 Å². The Labute approximate surface area is 123 Å². The lowest BCUT2D eigenvalue weighted by atomic mass is 9.93. The van der Waals surface area contributed by atoms with Gasteiger partial charge in [0.25, 0.3) is 0 Å². The Bertz CT molecular complexity index is 479. The van der Waals surface area contributed by atoms with Gasteiger partial charge in [0.2, 0.25) is 0 Å². The van der Waals surface area contributed by atoms with Crippen LogP contribution in [-0.4, -0.2) is 36.8 Å². The average molecular weight is 298 g/mol. The van der Waals surface area contributed by atoms with Crippen LogP contribution in [0.4, 0.5) is 13.2 Å². The van der Waals surface area contributed by atoms with Crippen LogP contribution in [-0.2, 0) is 13.0 Å². The van der Waals surface area contributed by atoms with Crippen molar-refractivity contribution in [2.45, 2.75) is 38.0 Å². The van der Waals surface area contributed by atoms with Gasteiger partial charge in [-0.15, -0.1) is 0 Å². The molecule has 0 radical (unpaired) electrons. The fraction of sp³-hybridized carbons (Fsp3) is 0.625. The first-order chi connectivity index (χ1) is 10.0. The Hall–Kier alpha value is -1.07. The Balaban J connectivity index is 1.51. The van der Waals surface area contributed by atoms with Gasteiger partial charge in [0.05, 0.1) is 5.92 Å². The summed E-state index contributed by atoms with van der Waals surface area (Å²) in [4.78, 5) is 2.17. The molecule has 21 heavy (non-hydrogen) atoms. The van der Waals surface area contributed by atoms with Gasteiger partial charge in [-0.1, -0.05) is 24.3 Å². The quantitative estimate of drug-likeness (QED) is 0.903. The Kier molecular flexibility index (Phi) is 4.22. The van der Waals surface area contributed by atoms with E-state index in [4.69, 9.17) is 0 Å². The van der Waals surface area contributed by atoms with Crippen LogP contribution in [0.5, 0.6) is 0 Å². The number of fused-ring (bicyclic) bond motifs is 1. The third-order valence-electron chi connectivity index (χ3n) is 4.69. The molecule has 2 aliphatic heterocycles. The minimum Gasteiger partial charge on any atom is -0.308 e. The highest BCUT2D eigenvalue weighted by Crippen LogP contribution is 2.34. The number of nitrogens with one attached hydrogen (secondary N) is 1. The molecule has 0 aromatic heterocycles. The zero-order valence-electron chi connectivity index (χ0n) is 12.0. The number of piperidine rings is 1. The summed E-state index contributed by atoms with van der Waals surface area (Å²) in [5.41, 5.74) is 2.70. The molecule has 2 heterocycles. The topological polar surface area (TPSA) is 15.3 Å². The number of alkyl halides is 3. The maximum Gasteiger partial charge on any atom is 0.391 e. The van der Waals surface area contributed by atoms with E-state index >= 15 is 0 Å². The number of likely N-dealkylation sites (tertiary alicyclic amines) is 1. The van der Waals surface area contributed by atoms with Gasteiger partial charge < -0.3 is 10.2 Å². The molecule has 2 nitrogen and oxygen atoms in total. The van der Waals surface area contributed by atoms with Crippen LogP contribution in [0.15, 0.2) is 24.3 Å². The highest BCUT2D eigenvalue weighted by molar-refractivity contribution is 5.29. The van der Waals surface area contributed by atoms with E-state index in [1.54, 1.807) is 0 Å². The van der Waals surface area contributed by atoms with Crippen molar-refractivity contribution in [1.29, 1.82) is 0 Å². The maximum absolute atomic E-state index is 12.7. The van der Waals surface area contributed by atoms with Crippen LogP contribution < -0.4 is 5.32 Å². The van der Waals surface area contributed by atoms with E-state index in [1.165, 1.54) is 11.1 Å².